The van der Waals surface area contributed by atoms with Crippen LogP contribution in [-0.4, -0.2) is 25.6 Å². The predicted molar refractivity (Wildman–Crippen MR) is 196 cm³/mol. The summed E-state index contributed by atoms with van der Waals surface area (Å²) < 4.78 is 2.18. The van der Waals surface area contributed by atoms with E-state index in [0.717, 1.165) is 72.2 Å². The van der Waals surface area contributed by atoms with E-state index in [-0.39, 0.29) is 26.8 Å². The minimum Gasteiger partial charge on any atom is -0.656 e. The monoisotopic (exact) mass is 826 g/mol. The van der Waals surface area contributed by atoms with Gasteiger partial charge in [0.2, 0.25) is 0 Å². The van der Waals surface area contributed by atoms with Crippen molar-refractivity contribution in [3.05, 3.63) is 163 Å². The topological polar surface area (TPSA) is 82.1 Å². The fourth-order valence-corrected chi connectivity index (χ4v) is 6.76. The SMILES string of the molecule is O=C(O)c1cc(-c2ccccc2)cc(-c2cccc3c2nc(-c2cccc4c2[n-]c2ccccc24)n3-c2cccc(-c3ccccc3)c2)n1.[Pt]. The van der Waals surface area contributed by atoms with Crippen LogP contribution in [0.5, 0.6) is 0 Å². The molecule has 7 heteroatoms. The normalized spacial score (nSPS) is 11.2. The number of carboxylic acids is 1. The quantitative estimate of drug-likeness (QED) is 0.181. The maximum Gasteiger partial charge on any atom is 0.354 e. The average Bonchev–Trinajstić information content (AvgIpc) is 3.74. The molecule has 1 N–H and O–H groups in total. The molecule has 0 atom stereocenters. The van der Waals surface area contributed by atoms with Crippen molar-refractivity contribution in [2.24, 2.45) is 0 Å². The molecule has 0 saturated heterocycles. The Labute approximate surface area is 302 Å². The summed E-state index contributed by atoms with van der Waals surface area (Å²) >= 11 is 0. The number of rotatable bonds is 6. The van der Waals surface area contributed by atoms with Crippen molar-refractivity contribution < 1.29 is 31.0 Å². The number of nitrogens with zero attached hydrogens (tertiary/aromatic N) is 4. The number of aromatic carboxylic acids is 1. The van der Waals surface area contributed by atoms with Gasteiger partial charge in [-0.05, 0) is 63.4 Å². The fraction of sp³-hybridized carbons (Fsp3) is 0. The Kier molecular flexibility index (Phi) is 7.94. The molecule has 9 rings (SSSR count). The molecule has 0 bridgehead atoms. The molecule has 0 aliphatic rings. The third-order valence-corrected chi connectivity index (χ3v) is 9.03. The summed E-state index contributed by atoms with van der Waals surface area (Å²) in [6.45, 7) is 0. The Bertz CT molecular complexity index is 2700. The van der Waals surface area contributed by atoms with E-state index in [9.17, 15) is 9.90 Å². The van der Waals surface area contributed by atoms with Gasteiger partial charge in [-0.2, -0.15) is 0 Å². The molecule has 0 radical (unpaired) electrons. The van der Waals surface area contributed by atoms with Gasteiger partial charge in [-0.15, -0.1) is 11.0 Å². The average molecular weight is 827 g/mol. The largest absolute Gasteiger partial charge is 0.656 e. The summed E-state index contributed by atoms with van der Waals surface area (Å²) in [6.07, 6.45) is 0. The second-order valence-electron chi connectivity index (χ2n) is 12.0. The second-order valence-corrected chi connectivity index (χ2v) is 12.0. The summed E-state index contributed by atoms with van der Waals surface area (Å²) in [6, 6.07) is 52.5. The van der Waals surface area contributed by atoms with Gasteiger partial charge in [0.1, 0.15) is 11.5 Å². The van der Waals surface area contributed by atoms with Gasteiger partial charge in [0, 0.05) is 37.9 Å². The molecule has 9 aromatic rings. The number of pyridine rings is 1. The molecular weight excluding hydrogens is 800 g/mol. The predicted octanol–water partition coefficient (Wildman–Crippen LogP) is 10.0. The van der Waals surface area contributed by atoms with E-state index in [1.165, 1.54) is 0 Å². The van der Waals surface area contributed by atoms with E-state index in [1.807, 2.05) is 84.9 Å². The van der Waals surface area contributed by atoms with E-state index in [4.69, 9.17) is 9.97 Å². The maximum atomic E-state index is 12.3. The Balaban J connectivity index is 0.00000361. The van der Waals surface area contributed by atoms with Gasteiger partial charge in [0.15, 0.2) is 0 Å². The van der Waals surface area contributed by atoms with Crippen molar-refractivity contribution in [1.29, 1.82) is 0 Å². The Morgan fingerprint density at radius 3 is 2.00 bits per heavy atom. The first-order valence-electron chi connectivity index (χ1n) is 16.1. The molecule has 0 fully saturated rings. The molecule has 0 saturated carbocycles. The summed E-state index contributed by atoms with van der Waals surface area (Å²) in [5, 5.41) is 12.2. The van der Waals surface area contributed by atoms with E-state index in [1.54, 1.807) is 6.07 Å². The smallest absolute Gasteiger partial charge is 0.354 e. The molecule has 0 spiro atoms. The van der Waals surface area contributed by atoms with Crippen molar-refractivity contribution in [2.75, 3.05) is 0 Å². The number of benzene rings is 6. The standard InChI is InChI=1S/C43H28N4O2.Pt/c48-43(49)38-26-30(28-14-5-2-6-15-28)25-37(44-38)34-20-11-23-39-41(34)46-42(35-21-10-19-33-32-18-7-8-22-36(32)45-40(33)35)47(39)31-17-9-16-29(24-31)27-12-3-1-4-13-27;/h1-26H,(H2,44,45,46,48,49);/p-1. The molecule has 3 aromatic heterocycles. The van der Waals surface area contributed by atoms with Gasteiger partial charge in [0.05, 0.1) is 16.7 Å². The van der Waals surface area contributed by atoms with E-state index in [2.05, 4.69) is 76.3 Å². The number of aromatic nitrogens is 4. The van der Waals surface area contributed by atoms with Crippen LogP contribution < -0.4 is 4.98 Å². The number of imidazole rings is 1. The van der Waals surface area contributed by atoms with Crippen LogP contribution in [0, 0.1) is 0 Å². The molecule has 0 aliphatic heterocycles. The number of carboxylic acid groups (broad SMARTS) is 1. The van der Waals surface area contributed by atoms with E-state index in [0.29, 0.717) is 11.2 Å². The van der Waals surface area contributed by atoms with E-state index < -0.39 is 5.97 Å². The molecule has 50 heavy (non-hydrogen) atoms. The van der Waals surface area contributed by atoms with Crippen LogP contribution in [-0.2, 0) is 21.1 Å². The molecule has 0 aliphatic carbocycles. The minimum atomic E-state index is -1.09. The fourth-order valence-electron chi connectivity index (χ4n) is 6.76. The van der Waals surface area contributed by atoms with Gasteiger partial charge >= 0.3 is 5.97 Å². The molecule has 6 aromatic carbocycles. The van der Waals surface area contributed by atoms with E-state index >= 15 is 0 Å². The van der Waals surface area contributed by atoms with Crippen LogP contribution in [0.15, 0.2) is 158 Å². The van der Waals surface area contributed by atoms with Crippen LogP contribution in [0.25, 0.3) is 83.4 Å². The van der Waals surface area contributed by atoms with Gasteiger partial charge in [0.25, 0.3) is 0 Å². The molecule has 0 amide bonds. The number of hydrogen-bond acceptors (Lipinski definition) is 3. The van der Waals surface area contributed by atoms with Crippen molar-refractivity contribution in [1.82, 2.24) is 19.5 Å². The van der Waals surface area contributed by atoms with Gasteiger partial charge in [-0.1, -0.05) is 127 Å². The number of fused-ring (bicyclic) bond motifs is 4. The first-order valence-corrected chi connectivity index (χ1v) is 16.1. The Morgan fingerprint density at radius 1 is 0.580 bits per heavy atom. The zero-order valence-electron chi connectivity index (χ0n) is 26.5. The van der Waals surface area contributed by atoms with Gasteiger partial charge < -0.3 is 10.1 Å². The minimum absolute atomic E-state index is 0. The molecule has 0 unspecified atom stereocenters. The summed E-state index contributed by atoms with van der Waals surface area (Å²) in [4.78, 5) is 27.4. The van der Waals surface area contributed by atoms with Crippen LogP contribution in [0.3, 0.4) is 0 Å². The van der Waals surface area contributed by atoms with Gasteiger partial charge in [-0.25, -0.2) is 14.8 Å². The molecule has 242 valence electrons. The maximum absolute atomic E-state index is 12.3. The Morgan fingerprint density at radius 2 is 1.22 bits per heavy atom. The van der Waals surface area contributed by atoms with Crippen LogP contribution in [0.4, 0.5) is 0 Å². The summed E-state index contributed by atoms with van der Waals surface area (Å²) in [7, 11) is 0. The number of para-hydroxylation sites is 3. The first kappa shape index (κ1) is 31.2. The zero-order chi connectivity index (χ0) is 32.9. The molecule has 3 heterocycles. The Hall–Kier alpha value is -6.10. The summed E-state index contributed by atoms with van der Waals surface area (Å²) in [5.74, 6) is -0.352. The molecular formula is C43H27N4O2Pt-. The van der Waals surface area contributed by atoms with Crippen LogP contribution in [0.1, 0.15) is 10.5 Å². The first-order chi connectivity index (χ1) is 24.1. The third-order valence-electron chi connectivity index (χ3n) is 9.03. The van der Waals surface area contributed by atoms with Gasteiger partial charge in [-0.3, -0.25) is 4.57 Å². The summed E-state index contributed by atoms with van der Waals surface area (Å²) in [5.41, 5.74) is 10.4. The van der Waals surface area contributed by atoms with Crippen LogP contribution >= 0.6 is 0 Å². The van der Waals surface area contributed by atoms with Crippen molar-refractivity contribution in [3.63, 3.8) is 0 Å². The number of hydrogen-bond donors (Lipinski definition) is 1. The van der Waals surface area contributed by atoms with Crippen molar-refractivity contribution in [3.8, 4) is 50.6 Å². The van der Waals surface area contributed by atoms with Crippen molar-refractivity contribution >= 4 is 38.8 Å². The zero-order valence-corrected chi connectivity index (χ0v) is 28.7. The third kappa shape index (κ3) is 5.31. The molecule has 6 nitrogen and oxygen atoms in total. The van der Waals surface area contributed by atoms with Crippen LogP contribution in [0.2, 0.25) is 0 Å². The van der Waals surface area contributed by atoms with Crippen molar-refractivity contribution in [2.45, 2.75) is 0 Å². The number of carbonyl (C=O) groups is 1. The second kappa shape index (κ2) is 12.7.